The summed E-state index contributed by atoms with van der Waals surface area (Å²) in [6.07, 6.45) is 4.12. The molecule has 7 heteroatoms. The summed E-state index contributed by atoms with van der Waals surface area (Å²) >= 11 is 6.26. The molecule has 0 aromatic carbocycles. The minimum absolute atomic E-state index is 0.0426. The van der Waals surface area contributed by atoms with Crippen LogP contribution >= 0.6 is 11.6 Å². The number of halogens is 1. The number of ether oxygens (including phenoxy) is 1. The van der Waals surface area contributed by atoms with E-state index in [-0.39, 0.29) is 12.0 Å². The van der Waals surface area contributed by atoms with Crippen molar-refractivity contribution < 1.29 is 9.84 Å². The number of nitrogens with two attached hydrogens (primary N) is 1. The van der Waals surface area contributed by atoms with E-state index >= 15 is 0 Å². The van der Waals surface area contributed by atoms with Crippen molar-refractivity contribution in [1.29, 1.82) is 0 Å². The maximum absolute atomic E-state index is 10.7. The van der Waals surface area contributed by atoms with Gasteiger partial charge in [0.1, 0.15) is 17.2 Å². The van der Waals surface area contributed by atoms with Gasteiger partial charge in [0.15, 0.2) is 5.82 Å². The predicted octanol–water partition coefficient (Wildman–Crippen LogP) is 1.47. The highest BCUT2D eigenvalue weighted by atomic mass is 35.5. The molecule has 1 aromatic heterocycles. The Labute approximate surface area is 129 Å². The number of aliphatic hydroxyl groups is 1. The standard InChI is InChI=1S/C14H21ClN4O2/c1-14(20)4-6-21-7-9(14)10-3-2-5-19(10)13-11(15)12(16)17-8-18-13/h8-10,20H,2-7H2,1H3,(H2,16,17,18)/t9-,10-,14-/m0/s1. The van der Waals surface area contributed by atoms with Gasteiger partial charge in [-0.05, 0) is 26.2 Å². The first-order chi connectivity index (χ1) is 10.0. The minimum Gasteiger partial charge on any atom is -0.390 e. The molecule has 2 aliphatic heterocycles. The molecule has 116 valence electrons. The zero-order valence-corrected chi connectivity index (χ0v) is 12.9. The summed E-state index contributed by atoms with van der Waals surface area (Å²) < 4.78 is 5.59. The van der Waals surface area contributed by atoms with Crippen LogP contribution in [0.4, 0.5) is 11.6 Å². The fraction of sp³-hybridized carbons (Fsp3) is 0.714. The zero-order valence-electron chi connectivity index (χ0n) is 12.1. The van der Waals surface area contributed by atoms with Gasteiger partial charge < -0.3 is 20.5 Å². The summed E-state index contributed by atoms with van der Waals surface area (Å²) in [7, 11) is 0. The van der Waals surface area contributed by atoms with E-state index in [1.54, 1.807) is 0 Å². The predicted molar refractivity (Wildman–Crippen MR) is 81.4 cm³/mol. The minimum atomic E-state index is -0.726. The van der Waals surface area contributed by atoms with Crippen LogP contribution in [-0.4, -0.2) is 46.5 Å². The molecule has 2 aliphatic rings. The Bertz CT molecular complexity index is 526. The highest BCUT2D eigenvalue weighted by Gasteiger charge is 2.44. The number of nitrogen functional groups attached to an aromatic ring is 1. The third-order valence-electron chi connectivity index (χ3n) is 4.68. The van der Waals surface area contributed by atoms with Crippen molar-refractivity contribution in [2.24, 2.45) is 5.92 Å². The van der Waals surface area contributed by atoms with Crippen molar-refractivity contribution in [3.63, 3.8) is 0 Å². The van der Waals surface area contributed by atoms with Gasteiger partial charge in [0.25, 0.3) is 0 Å². The third kappa shape index (κ3) is 2.67. The molecule has 3 heterocycles. The van der Waals surface area contributed by atoms with Gasteiger partial charge in [0.2, 0.25) is 0 Å². The quantitative estimate of drug-likeness (QED) is 0.860. The number of nitrogens with zero attached hydrogens (tertiary/aromatic N) is 3. The molecule has 2 fully saturated rings. The second-order valence-corrected chi connectivity index (χ2v) is 6.47. The maximum Gasteiger partial charge on any atom is 0.153 e. The van der Waals surface area contributed by atoms with Gasteiger partial charge in [-0.15, -0.1) is 0 Å². The second-order valence-electron chi connectivity index (χ2n) is 6.09. The first-order valence-electron chi connectivity index (χ1n) is 7.33. The molecule has 0 amide bonds. The fourth-order valence-corrected chi connectivity index (χ4v) is 3.63. The van der Waals surface area contributed by atoms with Crippen LogP contribution in [0.25, 0.3) is 0 Å². The Morgan fingerprint density at radius 1 is 1.52 bits per heavy atom. The summed E-state index contributed by atoms with van der Waals surface area (Å²) in [6, 6.07) is 0.159. The molecule has 0 radical (unpaired) electrons. The van der Waals surface area contributed by atoms with Gasteiger partial charge in [-0.3, -0.25) is 0 Å². The lowest BCUT2D eigenvalue weighted by atomic mass is 9.79. The number of anilines is 2. The van der Waals surface area contributed by atoms with Gasteiger partial charge >= 0.3 is 0 Å². The van der Waals surface area contributed by atoms with Crippen LogP contribution in [0.15, 0.2) is 6.33 Å². The fourth-order valence-electron chi connectivity index (χ4n) is 3.43. The molecule has 0 saturated carbocycles. The molecule has 3 rings (SSSR count). The third-order valence-corrected chi connectivity index (χ3v) is 5.05. The largest absolute Gasteiger partial charge is 0.390 e. The molecule has 21 heavy (non-hydrogen) atoms. The molecular formula is C14H21ClN4O2. The maximum atomic E-state index is 10.7. The first-order valence-corrected chi connectivity index (χ1v) is 7.71. The lowest BCUT2D eigenvalue weighted by molar-refractivity contribution is -0.108. The smallest absolute Gasteiger partial charge is 0.153 e. The van der Waals surface area contributed by atoms with E-state index in [1.807, 2.05) is 6.92 Å². The van der Waals surface area contributed by atoms with Crippen LogP contribution < -0.4 is 10.6 Å². The summed E-state index contributed by atoms with van der Waals surface area (Å²) in [6.45, 7) is 3.92. The molecule has 2 saturated heterocycles. The van der Waals surface area contributed by atoms with Crippen LogP contribution in [0.2, 0.25) is 5.02 Å². The van der Waals surface area contributed by atoms with Crippen molar-refractivity contribution in [2.75, 3.05) is 30.4 Å². The van der Waals surface area contributed by atoms with Crippen LogP contribution in [0.3, 0.4) is 0 Å². The number of aromatic nitrogens is 2. The monoisotopic (exact) mass is 312 g/mol. The molecule has 3 atom stereocenters. The Morgan fingerprint density at radius 2 is 2.33 bits per heavy atom. The summed E-state index contributed by atoms with van der Waals surface area (Å²) in [5.74, 6) is 0.994. The van der Waals surface area contributed by atoms with Gasteiger partial charge in [-0.1, -0.05) is 11.6 Å². The summed E-state index contributed by atoms with van der Waals surface area (Å²) in [5, 5.41) is 11.1. The highest BCUT2D eigenvalue weighted by Crippen LogP contribution is 2.39. The lowest BCUT2D eigenvalue weighted by Crippen LogP contribution is -2.52. The summed E-state index contributed by atoms with van der Waals surface area (Å²) in [5.41, 5.74) is 5.06. The summed E-state index contributed by atoms with van der Waals surface area (Å²) in [4.78, 5) is 10.4. The lowest BCUT2D eigenvalue weighted by Gasteiger charge is -2.43. The van der Waals surface area contributed by atoms with E-state index < -0.39 is 5.60 Å². The van der Waals surface area contributed by atoms with E-state index in [4.69, 9.17) is 22.1 Å². The number of hydrogen-bond acceptors (Lipinski definition) is 6. The topological polar surface area (TPSA) is 84.5 Å². The number of rotatable bonds is 2. The van der Waals surface area contributed by atoms with Gasteiger partial charge in [0.05, 0.1) is 12.2 Å². The van der Waals surface area contributed by atoms with Crippen molar-refractivity contribution in [2.45, 2.75) is 37.8 Å². The normalized spacial score (nSPS) is 33.4. The van der Waals surface area contributed by atoms with E-state index in [2.05, 4.69) is 14.9 Å². The molecule has 0 spiro atoms. The van der Waals surface area contributed by atoms with E-state index in [0.717, 1.165) is 19.4 Å². The Morgan fingerprint density at radius 3 is 3.10 bits per heavy atom. The van der Waals surface area contributed by atoms with Crippen molar-refractivity contribution in [3.05, 3.63) is 11.3 Å². The zero-order chi connectivity index (χ0) is 15.0. The second kappa shape index (κ2) is 5.59. The van der Waals surface area contributed by atoms with E-state index in [1.165, 1.54) is 6.33 Å². The van der Waals surface area contributed by atoms with Gasteiger partial charge in [0, 0.05) is 25.1 Å². The van der Waals surface area contributed by atoms with Crippen LogP contribution in [0.5, 0.6) is 0 Å². The van der Waals surface area contributed by atoms with Gasteiger partial charge in [-0.2, -0.15) is 0 Å². The van der Waals surface area contributed by atoms with Crippen molar-refractivity contribution in [3.8, 4) is 0 Å². The molecule has 6 nitrogen and oxygen atoms in total. The van der Waals surface area contributed by atoms with Crippen LogP contribution in [-0.2, 0) is 4.74 Å². The molecular weight excluding hydrogens is 292 g/mol. The Balaban J connectivity index is 1.90. The first kappa shape index (κ1) is 14.8. The van der Waals surface area contributed by atoms with Crippen LogP contribution in [0.1, 0.15) is 26.2 Å². The Hall–Kier alpha value is -1.11. The average molecular weight is 313 g/mol. The van der Waals surface area contributed by atoms with Crippen molar-refractivity contribution in [1.82, 2.24) is 9.97 Å². The van der Waals surface area contributed by atoms with Crippen molar-refractivity contribution >= 4 is 23.2 Å². The molecule has 3 N–H and O–H groups in total. The van der Waals surface area contributed by atoms with E-state index in [9.17, 15) is 5.11 Å². The SMILES string of the molecule is C[C@]1(O)CCOC[C@H]1[C@@H]1CCCN1c1ncnc(N)c1Cl. The average Bonchev–Trinajstić information content (AvgIpc) is 2.90. The number of hydrogen-bond donors (Lipinski definition) is 2. The molecule has 0 unspecified atom stereocenters. The highest BCUT2D eigenvalue weighted by molar-refractivity contribution is 6.35. The van der Waals surface area contributed by atoms with Crippen LogP contribution in [0, 0.1) is 5.92 Å². The molecule has 0 bridgehead atoms. The molecule has 0 aliphatic carbocycles. The molecule has 1 aromatic rings. The van der Waals surface area contributed by atoms with E-state index in [0.29, 0.717) is 36.3 Å². The Kier molecular flexibility index (Phi) is 3.94. The van der Waals surface area contributed by atoms with Gasteiger partial charge in [-0.25, -0.2) is 9.97 Å².